The highest BCUT2D eigenvalue weighted by Gasteiger charge is 2.20. The van der Waals surface area contributed by atoms with Crippen LogP contribution in [0.1, 0.15) is 38.2 Å². The third-order valence-corrected chi connectivity index (χ3v) is 6.39. The summed E-state index contributed by atoms with van der Waals surface area (Å²) in [4.78, 5) is 4.15. The van der Waals surface area contributed by atoms with Crippen LogP contribution in [-0.4, -0.2) is 52.7 Å². The first-order valence-corrected chi connectivity index (χ1v) is 11.3. The monoisotopic (exact) mass is 397 g/mol. The molecule has 1 fully saturated rings. The van der Waals surface area contributed by atoms with Crippen molar-refractivity contribution in [3.8, 4) is 11.5 Å². The molecule has 0 spiro atoms. The zero-order chi connectivity index (χ0) is 19.7. The Balaban J connectivity index is 1.98. The second-order valence-electron chi connectivity index (χ2n) is 6.56. The summed E-state index contributed by atoms with van der Waals surface area (Å²) in [7, 11) is 0.298. The lowest BCUT2D eigenvalue weighted by Crippen LogP contribution is -2.39. The number of sulfone groups is 1. The molecule has 1 aliphatic rings. The van der Waals surface area contributed by atoms with E-state index in [4.69, 9.17) is 9.47 Å². The molecule has 0 heterocycles. The third kappa shape index (κ3) is 6.61. The van der Waals surface area contributed by atoms with Crippen LogP contribution in [0.2, 0.25) is 0 Å². The van der Waals surface area contributed by atoms with Gasteiger partial charge < -0.3 is 20.1 Å². The van der Waals surface area contributed by atoms with Crippen LogP contribution in [0.5, 0.6) is 11.5 Å². The van der Waals surface area contributed by atoms with Crippen molar-refractivity contribution in [1.29, 1.82) is 0 Å². The van der Waals surface area contributed by atoms with Gasteiger partial charge in [-0.05, 0) is 31.7 Å². The van der Waals surface area contributed by atoms with E-state index in [2.05, 4.69) is 15.6 Å². The van der Waals surface area contributed by atoms with Crippen molar-refractivity contribution in [2.45, 2.75) is 45.3 Å². The van der Waals surface area contributed by atoms with Crippen LogP contribution < -0.4 is 20.1 Å². The molecule has 152 valence electrons. The highest BCUT2D eigenvalue weighted by atomic mass is 32.2. The van der Waals surface area contributed by atoms with Gasteiger partial charge in [-0.15, -0.1) is 0 Å². The molecule has 0 saturated heterocycles. The number of benzene rings is 1. The molecule has 8 heteroatoms. The molecule has 1 saturated carbocycles. The van der Waals surface area contributed by atoms with Gasteiger partial charge in [0.05, 0.1) is 19.0 Å². The lowest BCUT2D eigenvalue weighted by Gasteiger charge is -2.20. The van der Waals surface area contributed by atoms with Crippen LogP contribution >= 0.6 is 0 Å². The number of hydrogen-bond acceptors (Lipinski definition) is 5. The molecule has 1 aromatic carbocycles. The van der Waals surface area contributed by atoms with E-state index in [0.717, 1.165) is 29.9 Å². The normalized spacial score (nSPS) is 15.6. The van der Waals surface area contributed by atoms with E-state index in [-0.39, 0.29) is 17.6 Å². The number of guanidine groups is 1. The van der Waals surface area contributed by atoms with Gasteiger partial charge in [-0.2, -0.15) is 0 Å². The summed E-state index contributed by atoms with van der Waals surface area (Å²) in [6, 6.07) is 5.83. The Labute approximate surface area is 162 Å². The molecule has 0 amide bonds. The Morgan fingerprint density at radius 2 is 2.00 bits per heavy atom. The van der Waals surface area contributed by atoms with E-state index in [0.29, 0.717) is 19.0 Å². The summed E-state index contributed by atoms with van der Waals surface area (Å²) in [6.07, 6.45) is 4.77. The highest BCUT2D eigenvalue weighted by Crippen LogP contribution is 2.34. The molecule has 1 aliphatic carbocycles. The minimum atomic E-state index is -3.00. The molecule has 0 aromatic heterocycles. The van der Waals surface area contributed by atoms with Crippen LogP contribution in [0.4, 0.5) is 0 Å². The van der Waals surface area contributed by atoms with E-state index < -0.39 is 9.84 Å². The maximum atomic E-state index is 11.6. The molecule has 0 atom stereocenters. The van der Waals surface area contributed by atoms with Gasteiger partial charge >= 0.3 is 0 Å². The van der Waals surface area contributed by atoms with Crippen LogP contribution in [0.15, 0.2) is 23.2 Å². The lowest BCUT2D eigenvalue weighted by molar-refractivity contribution is 0.198. The first-order chi connectivity index (χ1) is 13.0. The van der Waals surface area contributed by atoms with Crippen molar-refractivity contribution in [3.05, 3.63) is 23.8 Å². The second kappa shape index (κ2) is 10.4. The lowest BCUT2D eigenvalue weighted by atomic mass is 10.1. The summed E-state index contributed by atoms with van der Waals surface area (Å²) in [5, 5.41) is 6.25. The summed E-state index contributed by atoms with van der Waals surface area (Å²) < 4.78 is 34.9. The maximum Gasteiger partial charge on any atom is 0.191 e. The number of nitrogens with zero attached hydrogens (tertiary/aromatic N) is 1. The zero-order valence-electron chi connectivity index (χ0n) is 16.5. The molecule has 27 heavy (non-hydrogen) atoms. The minimum absolute atomic E-state index is 0.0827. The van der Waals surface area contributed by atoms with Gasteiger partial charge in [0.25, 0.3) is 0 Å². The van der Waals surface area contributed by atoms with Crippen molar-refractivity contribution in [2.75, 3.05) is 32.2 Å². The van der Waals surface area contributed by atoms with Gasteiger partial charge in [-0.25, -0.2) is 8.42 Å². The number of para-hydroxylation sites is 1. The quantitative estimate of drug-likeness (QED) is 0.490. The van der Waals surface area contributed by atoms with Gasteiger partial charge in [-0.3, -0.25) is 4.99 Å². The summed E-state index contributed by atoms with van der Waals surface area (Å²) in [6.45, 7) is 2.47. The topological polar surface area (TPSA) is 89.0 Å². The van der Waals surface area contributed by atoms with Crippen molar-refractivity contribution in [2.24, 2.45) is 4.99 Å². The minimum Gasteiger partial charge on any atom is -0.493 e. The fraction of sp³-hybridized carbons (Fsp3) is 0.632. The van der Waals surface area contributed by atoms with Crippen molar-refractivity contribution < 1.29 is 17.9 Å². The molecular weight excluding hydrogens is 366 g/mol. The zero-order valence-corrected chi connectivity index (χ0v) is 17.3. The highest BCUT2D eigenvalue weighted by molar-refractivity contribution is 7.91. The number of hydrogen-bond donors (Lipinski definition) is 2. The Morgan fingerprint density at radius 1 is 1.26 bits per heavy atom. The molecule has 2 N–H and O–H groups in total. The van der Waals surface area contributed by atoms with Gasteiger partial charge in [0.15, 0.2) is 27.3 Å². The number of nitrogens with one attached hydrogen (secondary N) is 2. The molecular formula is C19H31N3O4S. The summed E-state index contributed by atoms with van der Waals surface area (Å²) >= 11 is 0. The van der Waals surface area contributed by atoms with Crippen LogP contribution in [0, 0.1) is 0 Å². The SMILES string of the molecule is CCS(=O)(=O)CCNC(=NC)NCc1cccc(OC)c1OC1CCCC1. The Kier molecular flexibility index (Phi) is 8.22. The molecule has 0 unspecified atom stereocenters. The van der Waals surface area contributed by atoms with Gasteiger partial charge in [0, 0.05) is 31.5 Å². The maximum absolute atomic E-state index is 11.6. The Hall–Kier alpha value is -1.96. The fourth-order valence-corrected chi connectivity index (χ4v) is 3.74. The average molecular weight is 398 g/mol. The van der Waals surface area contributed by atoms with Crippen LogP contribution in [0.25, 0.3) is 0 Å². The Morgan fingerprint density at radius 3 is 2.63 bits per heavy atom. The first kappa shape index (κ1) is 21.3. The second-order valence-corrected chi connectivity index (χ2v) is 9.03. The number of methoxy groups -OCH3 is 1. The predicted octanol–water partition coefficient (Wildman–Crippen LogP) is 2.12. The molecule has 0 aliphatic heterocycles. The van der Waals surface area contributed by atoms with E-state index in [9.17, 15) is 8.42 Å². The Bertz CT molecular complexity index is 728. The molecule has 1 aromatic rings. The smallest absolute Gasteiger partial charge is 0.191 e. The van der Waals surface area contributed by atoms with Gasteiger partial charge in [0.2, 0.25) is 0 Å². The fourth-order valence-electron chi connectivity index (χ4n) is 3.04. The van der Waals surface area contributed by atoms with Crippen molar-refractivity contribution in [3.63, 3.8) is 0 Å². The van der Waals surface area contributed by atoms with Gasteiger partial charge in [-0.1, -0.05) is 19.1 Å². The van der Waals surface area contributed by atoms with E-state index in [1.807, 2.05) is 18.2 Å². The predicted molar refractivity (Wildman–Crippen MR) is 108 cm³/mol. The molecule has 0 radical (unpaired) electrons. The number of ether oxygens (including phenoxy) is 2. The van der Waals surface area contributed by atoms with E-state index >= 15 is 0 Å². The summed E-state index contributed by atoms with van der Waals surface area (Å²) in [5.74, 6) is 2.27. The summed E-state index contributed by atoms with van der Waals surface area (Å²) in [5.41, 5.74) is 0.977. The average Bonchev–Trinajstić information content (AvgIpc) is 3.18. The number of aliphatic imine (C=N–C) groups is 1. The van der Waals surface area contributed by atoms with E-state index in [1.165, 1.54) is 12.8 Å². The van der Waals surface area contributed by atoms with Crippen LogP contribution in [-0.2, 0) is 16.4 Å². The van der Waals surface area contributed by atoms with Crippen LogP contribution in [0.3, 0.4) is 0 Å². The first-order valence-electron chi connectivity index (χ1n) is 9.46. The third-order valence-electron chi connectivity index (χ3n) is 4.68. The van der Waals surface area contributed by atoms with Crippen molar-refractivity contribution >= 4 is 15.8 Å². The number of rotatable bonds is 9. The molecule has 7 nitrogen and oxygen atoms in total. The molecule has 2 rings (SSSR count). The largest absolute Gasteiger partial charge is 0.493 e. The van der Waals surface area contributed by atoms with E-state index in [1.54, 1.807) is 21.1 Å². The standard InChI is InChI=1S/C19H31N3O4S/c1-4-27(23,24)13-12-21-19(20-2)22-14-15-8-7-11-17(25-3)18(15)26-16-9-5-6-10-16/h7-8,11,16H,4-6,9-10,12-14H2,1-3H3,(H2,20,21,22). The van der Waals surface area contributed by atoms with Crippen molar-refractivity contribution in [1.82, 2.24) is 10.6 Å². The van der Waals surface area contributed by atoms with Gasteiger partial charge in [0.1, 0.15) is 0 Å². The molecule has 0 bridgehead atoms.